The van der Waals surface area contributed by atoms with Crippen LogP contribution in [0.4, 0.5) is 4.39 Å². The molecule has 2 saturated carbocycles. The standard InChI is InChI=1S/C26H26Cl2FNO4/c27-20-2-1-3-21(28)23(20)24-18(25(34-30-24)16-5-6-16)14-33-17-8-10-26(32,11-9-17)19-12-15(13-31)4-7-22(19)29/h1-4,7,12,16-17,31-32H,5-6,8-11,13-14H2. The Kier molecular flexibility index (Phi) is 6.70. The molecule has 34 heavy (non-hydrogen) atoms. The molecule has 8 heteroatoms. The molecule has 2 aliphatic carbocycles. The summed E-state index contributed by atoms with van der Waals surface area (Å²) in [5.41, 5.74) is 1.64. The van der Waals surface area contributed by atoms with Gasteiger partial charge in [-0.1, -0.05) is 40.5 Å². The maximum Gasteiger partial charge on any atom is 0.145 e. The highest BCUT2D eigenvalue weighted by Crippen LogP contribution is 2.46. The van der Waals surface area contributed by atoms with Crippen LogP contribution in [0.1, 0.15) is 66.9 Å². The molecule has 0 bridgehead atoms. The van der Waals surface area contributed by atoms with Crippen LogP contribution in [0.2, 0.25) is 10.0 Å². The van der Waals surface area contributed by atoms with Crippen molar-refractivity contribution in [2.75, 3.05) is 0 Å². The average molecular weight is 506 g/mol. The highest BCUT2D eigenvalue weighted by molar-refractivity contribution is 6.39. The average Bonchev–Trinajstić information content (AvgIpc) is 3.59. The fourth-order valence-corrected chi connectivity index (χ4v) is 5.36. The number of ether oxygens (including phenoxy) is 1. The summed E-state index contributed by atoms with van der Waals surface area (Å²) in [7, 11) is 0. The summed E-state index contributed by atoms with van der Waals surface area (Å²) < 4.78 is 26.4. The summed E-state index contributed by atoms with van der Waals surface area (Å²) in [6, 6.07) is 9.70. The van der Waals surface area contributed by atoms with E-state index < -0.39 is 11.4 Å². The van der Waals surface area contributed by atoms with Crippen molar-refractivity contribution < 1.29 is 23.9 Å². The maximum atomic E-state index is 14.5. The highest BCUT2D eigenvalue weighted by Gasteiger charge is 2.38. The molecule has 0 atom stereocenters. The molecule has 180 valence electrons. The maximum absolute atomic E-state index is 14.5. The summed E-state index contributed by atoms with van der Waals surface area (Å²) in [4.78, 5) is 0. The molecule has 0 aliphatic heterocycles. The van der Waals surface area contributed by atoms with Gasteiger partial charge in [-0.2, -0.15) is 0 Å². The van der Waals surface area contributed by atoms with E-state index in [-0.39, 0.29) is 18.3 Å². The SMILES string of the molecule is OCc1ccc(F)c(C2(O)CCC(OCc3c(-c4c(Cl)cccc4Cl)noc3C3CC3)CC2)c1. The molecular weight excluding hydrogens is 480 g/mol. The number of benzene rings is 2. The zero-order chi connectivity index (χ0) is 23.9. The number of hydrogen-bond acceptors (Lipinski definition) is 5. The molecule has 2 aromatic carbocycles. The molecule has 0 unspecified atom stereocenters. The third kappa shape index (κ3) is 4.62. The molecule has 3 aromatic rings. The lowest BCUT2D eigenvalue weighted by Gasteiger charge is -2.36. The number of aliphatic hydroxyl groups is 2. The van der Waals surface area contributed by atoms with Crippen LogP contribution in [-0.4, -0.2) is 21.5 Å². The van der Waals surface area contributed by atoms with E-state index in [1.165, 1.54) is 12.1 Å². The number of halogens is 3. The first kappa shape index (κ1) is 23.8. The van der Waals surface area contributed by atoms with Crippen molar-refractivity contribution in [1.82, 2.24) is 5.16 Å². The van der Waals surface area contributed by atoms with Crippen LogP contribution in [0.3, 0.4) is 0 Å². The van der Waals surface area contributed by atoms with Crippen LogP contribution < -0.4 is 0 Å². The van der Waals surface area contributed by atoms with Crippen LogP contribution in [0.5, 0.6) is 0 Å². The molecule has 0 saturated heterocycles. The summed E-state index contributed by atoms with van der Waals surface area (Å²) >= 11 is 12.9. The molecule has 0 radical (unpaired) electrons. The normalized spacial score (nSPS) is 22.8. The van der Waals surface area contributed by atoms with Gasteiger partial charge in [-0.05, 0) is 68.4 Å². The Morgan fingerprint density at radius 2 is 1.79 bits per heavy atom. The lowest BCUT2D eigenvalue weighted by atomic mass is 9.78. The van der Waals surface area contributed by atoms with E-state index in [9.17, 15) is 14.6 Å². The van der Waals surface area contributed by atoms with Gasteiger partial charge >= 0.3 is 0 Å². The van der Waals surface area contributed by atoms with E-state index >= 15 is 0 Å². The third-order valence-corrected chi connectivity index (χ3v) is 7.53. The highest BCUT2D eigenvalue weighted by atomic mass is 35.5. The summed E-state index contributed by atoms with van der Waals surface area (Å²) in [5.74, 6) is 0.694. The number of hydrogen-bond donors (Lipinski definition) is 2. The van der Waals surface area contributed by atoms with Gasteiger partial charge in [0.2, 0.25) is 0 Å². The number of aromatic nitrogens is 1. The first-order valence-corrected chi connectivity index (χ1v) is 12.3. The van der Waals surface area contributed by atoms with Crippen molar-refractivity contribution in [3.8, 4) is 11.3 Å². The zero-order valence-electron chi connectivity index (χ0n) is 18.6. The Balaban J connectivity index is 1.31. The number of nitrogens with zero attached hydrogens (tertiary/aromatic N) is 1. The molecule has 5 rings (SSSR count). The van der Waals surface area contributed by atoms with Gasteiger partial charge in [0.05, 0.1) is 35.0 Å². The van der Waals surface area contributed by atoms with Gasteiger partial charge in [0, 0.05) is 22.6 Å². The van der Waals surface area contributed by atoms with Gasteiger partial charge in [0.15, 0.2) is 0 Å². The molecule has 2 N–H and O–H groups in total. The lowest BCUT2D eigenvalue weighted by Crippen LogP contribution is -2.35. The Labute approximate surface area is 207 Å². The van der Waals surface area contributed by atoms with Gasteiger partial charge in [-0.15, -0.1) is 0 Å². The van der Waals surface area contributed by atoms with Crippen LogP contribution in [0, 0.1) is 5.82 Å². The second-order valence-corrected chi connectivity index (χ2v) is 10.1. The van der Waals surface area contributed by atoms with Crippen LogP contribution in [0.25, 0.3) is 11.3 Å². The van der Waals surface area contributed by atoms with Gasteiger partial charge < -0.3 is 19.5 Å². The van der Waals surface area contributed by atoms with Gasteiger partial charge in [-0.3, -0.25) is 0 Å². The number of aliphatic hydroxyl groups excluding tert-OH is 1. The van der Waals surface area contributed by atoms with E-state index in [1.807, 2.05) is 0 Å². The molecule has 1 aromatic heterocycles. The van der Waals surface area contributed by atoms with Crippen molar-refractivity contribution in [2.45, 2.75) is 69.4 Å². The predicted molar refractivity (Wildman–Crippen MR) is 127 cm³/mol. The fraction of sp³-hybridized carbons (Fsp3) is 0.423. The summed E-state index contributed by atoms with van der Waals surface area (Å²) in [5, 5.41) is 25.8. The van der Waals surface area contributed by atoms with E-state index in [1.54, 1.807) is 24.3 Å². The Morgan fingerprint density at radius 1 is 1.09 bits per heavy atom. The van der Waals surface area contributed by atoms with Gasteiger partial charge in [0.1, 0.15) is 17.3 Å². The van der Waals surface area contributed by atoms with Crippen molar-refractivity contribution in [1.29, 1.82) is 0 Å². The second-order valence-electron chi connectivity index (χ2n) is 9.26. The van der Waals surface area contributed by atoms with Crippen LogP contribution in [-0.2, 0) is 23.6 Å². The van der Waals surface area contributed by atoms with Gasteiger partial charge in [-0.25, -0.2) is 4.39 Å². The van der Waals surface area contributed by atoms with Crippen molar-refractivity contribution in [3.05, 3.63) is 74.7 Å². The largest absolute Gasteiger partial charge is 0.392 e. The minimum absolute atomic E-state index is 0.0964. The molecule has 1 heterocycles. The number of rotatable bonds is 7. The lowest BCUT2D eigenvalue weighted by molar-refractivity contribution is -0.0657. The van der Waals surface area contributed by atoms with Crippen LogP contribution >= 0.6 is 23.2 Å². The Hall–Kier alpha value is -1.96. The second kappa shape index (κ2) is 9.59. The van der Waals surface area contributed by atoms with E-state index in [0.717, 1.165) is 24.2 Å². The molecule has 0 spiro atoms. The molecular formula is C26H26Cl2FNO4. The topological polar surface area (TPSA) is 75.7 Å². The van der Waals surface area contributed by atoms with E-state index in [4.69, 9.17) is 32.5 Å². The molecule has 2 fully saturated rings. The monoisotopic (exact) mass is 505 g/mol. The third-order valence-electron chi connectivity index (χ3n) is 6.90. The fourth-order valence-electron chi connectivity index (χ4n) is 4.78. The van der Waals surface area contributed by atoms with Crippen molar-refractivity contribution >= 4 is 23.2 Å². The summed E-state index contributed by atoms with van der Waals surface area (Å²) in [6.07, 6.45) is 3.88. The first-order valence-electron chi connectivity index (χ1n) is 11.6. The van der Waals surface area contributed by atoms with E-state index in [0.29, 0.717) is 65.1 Å². The van der Waals surface area contributed by atoms with Crippen molar-refractivity contribution in [3.63, 3.8) is 0 Å². The molecule has 2 aliphatic rings. The quantitative estimate of drug-likeness (QED) is 0.383. The minimum atomic E-state index is -1.28. The Morgan fingerprint density at radius 3 is 2.44 bits per heavy atom. The molecule has 5 nitrogen and oxygen atoms in total. The van der Waals surface area contributed by atoms with Crippen molar-refractivity contribution in [2.24, 2.45) is 0 Å². The summed E-state index contributed by atoms with van der Waals surface area (Å²) in [6.45, 7) is 0.0958. The zero-order valence-corrected chi connectivity index (χ0v) is 20.1. The first-order chi connectivity index (χ1) is 16.4. The van der Waals surface area contributed by atoms with Crippen LogP contribution in [0.15, 0.2) is 40.9 Å². The predicted octanol–water partition coefficient (Wildman–Crippen LogP) is 6.50. The minimum Gasteiger partial charge on any atom is -0.392 e. The van der Waals surface area contributed by atoms with Gasteiger partial charge in [0.25, 0.3) is 0 Å². The molecule has 0 amide bonds. The van der Waals surface area contributed by atoms with E-state index in [2.05, 4.69) is 5.16 Å². The smallest absolute Gasteiger partial charge is 0.145 e. The Bertz CT molecular complexity index is 1170.